The van der Waals surface area contributed by atoms with Crippen LogP contribution in [0.5, 0.6) is 0 Å². The van der Waals surface area contributed by atoms with Gasteiger partial charge in [0.25, 0.3) is 0 Å². The highest BCUT2D eigenvalue weighted by atomic mass is 32.1. The third-order valence-electron chi connectivity index (χ3n) is 2.28. The molecule has 1 amide bonds. The molecule has 0 bridgehead atoms. The minimum Gasteiger partial charge on any atom is -0.480 e. The molecular weight excluding hydrogens is 254 g/mol. The second-order valence-electron chi connectivity index (χ2n) is 3.93. The van der Waals surface area contributed by atoms with E-state index in [-0.39, 0.29) is 12.3 Å². The first-order valence-corrected chi connectivity index (χ1v) is 6.56. The normalized spacial score (nSPS) is 12.1. The molecule has 0 saturated carbocycles. The van der Waals surface area contributed by atoms with E-state index in [1.165, 1.54) is 18.3 Å². The summed E-state index contributed by atoms with van der Waals surface area (Å²) in [6.45, 7) is 2.04. The van der Waals surface area contributed by atoms with Crippen molar-refractivity contribution in [1.29, 1.82) is 0 Å². The zero-order chi connectivity index (χ0) is 13.5. The molecule has 0 spiro atoms. The number of aromatic nitrogens is 1. The number of nitrogens with one attached hydrogen (secondary N) is 1. The maximum atomic E-state index is 11.5. The SMILES string of the molecule is CC(NC(=O)Cc1csc(CCCN)n1)C(=O)O. The topological polar surface area (TPSA) is 105 Å². The van der Waals surface area contributed by atoms with Crippen LogP contribution in [0.2, 0.25) is 0 Å². The van der Waals surface area contributed by atoms with Gasteiger partial charge in [0.1, 0.15) is 6.04 Å². The maximum Gasteiger partial charge on any atom is 0.325 e. The van der Waals surface area contributed by atoms with Gasteiger partial charge >= 0.3 is 5.97 Å². The smallest absolute Gasteiger partial charge is 0.325 e. The van der Waals surface area contributed by atoms with Gasteiger partial charge in [-0.05, 0) is 19.9 Å². The van der Waals surface area contributed by atoms with Gasteiger partial charge in [-0.3, -0.25) is 9.59 Å². The van der Waals surface area contributed by atoms with E-state index in [9.17, 15) is 9.59 Å². The number of carboxylic acid groups (broad SMARTS) is 1. The van der Waals surface area contributed by atoms with Gasteiger partial charge in [-0.25, -0.2) is 4.98 Å². The molecule has 1 aromatic rings. The van der Waals surface area contributed by atoms with Gasteiger partial charge in [0, 0.05) is 11.8 Å². The molecule has 1 unspecified atom stereocenters. The Morgan fingerprint density at radius 1 is 1.61 bits per heavy atom. The van der Waals surface area contributed by atoms with Crippen LogP contribution in [0, 0.1) is 0 Å². The van der Waals surface area contributed by atoms with E-state index in [0.29, 0.717) is 12.2 Å². The fourth-order valence-electron chi connectivity index (χ4n) is 1.32. The highest BCUT2D eigenvalue weighted by molar-refractivity contribution is 7.09. The molecule has 0 aromatic carbocycles. The third kappa shape index (κ3) is 4.80. The molecule has 100 valence electrons. The average Bonchev–Trinajstić information content (AvgIpc) is 2.73. The van der Waals surface area contributed by atoms with Crippen LogP contribution in [0.1, 0.15) is 24.0 Å². The Morgan fingerprint density at radius 3 is 2.94 bits per heavy atom. The van der Waals surface area contributed by atoms with Crippen LogP contribution in [0.3, 0.4) is 0 Å². The number of hydrogen-bond donors (Lipinski definition) is 3. The molecule has 0 aliphatic carbocycles. The zero-order valence-corrected chi connectivity index (χ0v) is 11.0. The van der Waals surface area contributed by atoms with E-state index < -0.39 is 12.0 Å². The van der Waals surface area contributed by atoms with E-state index in [1.54, 1.807) is 0 Å². The second kappa shape index (κ2) is 7.07. The van der Waals surface area contributed by atoms with Crippen molar-refractivity contribution in [2.45, 2.75) is 32.2 Å². The molecule has 0 aliphatic rings. The molecule has 4 N–H and O–H groups in total. The monoisotopic (exact) mass is 271 g/mol. The Labute approximate surface area is 109 Å². The predicted octanol–water partition coefficient (Wildman–Crippen LogP) is 0.166. The maximum absolute atomic E-state index is 11.5. The molecular formula is C11H17N3O3S. The van der Waals surface area contributed by atoms with Crippen molar-refractivity contribution in [2.24, 2.45) is 5.73 Å². The Morgan fingerprint density at radius 2 is 2.33 bits per heavy atom. The highest BCUT2D eigenvalue weighted by Crippen LogP contribution is 2.12. The van der Waals surface area contributed by atoms with Crippen molar-refractivity contribution >= 4 is 23.2 Å². The van der Waals surface area contributed by atoms with Crippen LogP contribution in [0.4, 0.5) is 0 Å². The number of carboxylic acids is 1. The Bertz CT molecular complexity index is 419. The van der Waals surface area contributed by atoms with Crippen LogP contribution in [-0.2, 0) is 22.4 Å². The standard InChI is InChI=1S/C11H17N3O3S/c1-7(11(16)17)13-9(15)5-8-6-18-10(14-8)3-2-4-12/h6-7H,2-5,12H2,1H3,(H,13,15)(H,16,17). The van der Waals surface area contributed by atoms with E-state index >= 15 is 0 Å². The molecule has 1 atom stereocenters. The molecule has 0 aliphatic heterocycles. The van der Waals surface area contributed by atoms with Crippen molar-refractivity contribution < 1.29 is 14.7 Å². The average molecular weight is 271 g/mol. The molecule has 1 rings (SSSR count). The number of aryl methyl sites for hydroxylation is 1. The number of thiazole rings is 1. The fourth-order valence-corrected chi connectivity index (χ4v) is 2.16. The number of nitrogens with two attached hydrogens (primary N) is 1. The lowest BCUT2D eigenvalue weighted by Gasteiger charge is -2.07. The summed E-state index contributed by atoms with van der Waals surface area (Å²) in [7, 11) is 0. The first-order valence-electron chi connectivity index (χ1n) is 5.68. The first-order chi connectivity index (χ1) is 8.52. The molecule has 1 heterocycles. The van der Waals surface area contributed by atoms with Gasteiger partial charge < -0.3 is 16.2 Å². The number of carbonyl (C=O) groups excluding carboxylic acids is 1. The minimum absolute atomic E-state index is 0.108. The van der Waals surface area contributed by atoms with Crippen LogP contribution in [0.25, 0.3) is 0 Å². The zero-order valence-electron chi connectivity index (χ0n) is 10.2. The van der Waals surface area contributed by atoms with E-state index in [1.807, 2.05) is 5.38 Å². The Kier molecular flexibility index (Phi) is 5.73. The summed E-state index contributed by atoms with van der Waals surface area (Å²) in [5, 5.41) is 13.8. The van der Waals surface area contributed by atoms with Gasteiger partial charge in [0.2, 0.25) is 5.91 Å². The number of hydrogen-bond acceptors (Lipinski definition) is 5. The van der Waals surface area contributed by atoms with Crippen LogP contribution < -0.4 is 11.1 Å². The summed E-state index contributed by atoms with van der Waals surface area (Å²) in [5.41, 5.74) is 6.07. The summed E-state index contributed by atoms with van der Waals surface area (Å²) < 4.78 is 0. The number of nitrogens with zero attached hydrogens (tertiary/aromatic N) is 1. The third-order valence-corrected chi connectivity index (χ3v) is 3.24. The lowest BCUT2D eigenvalue weighted by atomic mass is 10.2. The highest BCUT2D eigenvalue weighted by Gasteiger charge is 2.15. The quantitative estimate of drug-likeness (QED) is 0.655. The van der Waals surface area contributed by atoms with Crippen molar-refractivity contribution in [1.82, 2.24) is 10.3 Å². The van der Waals surface area contributed by atoms with Gasteiger partial charge in [-0.1, -0.05) is 0 Å². The molecule has 7 heteroatoms. The molecule has 6 nitrogen and oxygen atoms in total. The van der Waals surface area contributed by atoms with Gasteiger partial charge in [0.15, 0.2) is 0 Å². The summed E-state index contributed by atoms with van der Waals surface area (Å²) in [5.74, 6) is -1.38. The largest absolute Gasteiger partial charge is 0.480 e. The first kappa shape index (κ1) is 14.6. The van der Waals surface area contributed by atoms with Crippen LogP contribution >= 0.6 is 11.3 Å². The van der Waals surface area contributed by atoms with Gasteiger partial charge in [0.05, 0.1) is 17.1 Å². The summed E-state index contributed by atoms with van der Waals surface area (Å²) >= 11 is 1.49. The predicted molar refractivity (Wildman–Crippen MR) is 68.4 cm³/mol. The number of carbonyl (C=O) groups is 2. The molecule has 0 saturated heterocycles. The van der Waals surface area contributed by atoms with Gasteiger partial charge in [-0.15, -0.1) is 11.3 Å². The molecule has 18 heavy (non-hydrogen) atoms. The van der Waals surface area contributed by atoms with E-state index in [4.69, 9.17) is 10.8 Å². The Hall–Kier alpha value is -1.47. The molecule has 0 radical (unpaired) electrons. The van der Waals surface area contributed by atoms with Crippen molar-refractivity contribution in [2.75, 3.05) is 6.54 Å². The summed E-state index contributed by atoms with van der Waals surface area (Å²) in [4.78, 5) is 26.4. The van der Waals surface area contributed by atoms with Crippen molar-refractivity contribution in [3.8, 4) is 0 Å². The lowest BCUT2D eigenvalue weighted by molar-refractivity contribution is -0.141. The van der Waals surface area contributed by atoms with Crippen LogP contribution in [-0.4, -0.2) is 34.6 Å². The number of aliphatic carboxylic acids is 1. The van der Waals surface area contributed by atoms with E-state index in [2.05, 4.69) is 10.3 Å². The second-order valence-corrected chi connectivity index (χ2v) is 4.87. The number of amides is 1. The van der Waals surface area contributed by atoms with Crippen LogP contribution in [0.15, 0.2) is 5.38 Å². The Balaban J connectivity index is 2.44. The lowest BCUT2D eigenvalue weighted by Crippen LogP contribution is -2.39. The van der Waals surface area contributed by atoms with E-state index in [0.717, 1.165) is 17.8 Å². The molecule has 1 aromatic heterocycles. The van der Waals surface area contributed by atoms with Gasteiger partial charge in [-0.2, -0.15) is 0 Å². The number of rotatable bonds is 7. The summed E-state index contributed by atoms with van der Waals surface area (Å²) in [6.07, 6.45) is 1.79. The summed E-state index contributed by atoms with van der Waals surface area (Å²) in [6, 6.07) is -0.882. The van der Waals surface area contributed by atoms with Crippen molar-refractivity contribution in [3.63, 3.8) is 0 Å². The minimum atomic E-state index is -1.05. The van der Waals surface area contributed by atoms with Crippen molar-refractivity contribution in [3.05, 3.63) is 16.1 Å². The fraction of sp³-hybridized carbons (Fsp3) is 0.545. The molecule has 0 fully saturated rings.